The van der Waals surface area contributed by atoms with Gasteiger partial charge >= 0.3 is 0 Å². The Morgan fingerprint density at radius 2 is 1.78 bits per heavy atom. The molecule has 1 aromatic carbocycles. The molecule has 2 fully saturated rings. The molecular weight excluding hydrogens is 364 g/mol. The number of methoxy groups -OCH3 is 2. The van der Waals surface area contributed by atoms with Crippen LogP contribution in [0.15, 0.2) is 18.2 Å². The van der Waals surface area contributed by atoms with Crippen LogP contribution in [0.5, 0.6) is 11.5 Å². The lowest BCUT2D eigenvalue weighted by atomic mass is 9.69. The van der Waals surface area contributed by atoms with Crippen LogP contribution in [-0.4, -0.2) is 39.8 Å². The first-order valence-corrected chi connectivity index (χ1v) is 9.89. The molecule has 3 rings (SSSR count). The number of hydrogen-bond acceptors (Lipinski definition) is 4. The van der Waals surface area contributed by atoms with E-state index in [2.05, 4.69) is 22.8 Å². The van der Waals surface area contributed by atoms with Crippen molar-refractivity contribution in [3.8, 4) is 11.5 Å². The molecule has 0 aromatic heterocycles. The van der Waals surface area contributed by atoms with Gasteiger partial charge in [-0.15, -0.1) is 12.4 Å². The van der Waals surface area contributed by atoms with Crippen LogP contribution < -0.4 is 20.1 Å². The number of halogens is 1. The van der Waals surface area contributed by atoms with Gasteiger partial charge in [-0.05, 0) is 56.5 Å². The Kier molecular flexibility index (Phi) is 8.24. The quantitative estimate of drug-likeness (QED) is 0.773. The van der Waals surface area contributed by atoms with E-state index in [9.17, 15) is 4.79 Å². The van der Waals surface area contributed by atoms with Crippen LogP contribution >= 0.6 is 12.4 Å². The number of carbonyl (C=O) groups is 1. The highest BCUT2D eigenvalue weighted by atomic mass is 35.5. The topological polar surface area (TPSA) is 59.6 Å². The molecule has 1 saturated carbocycles. The SMILES string of the molecule is COc1ccc(C2(CNC(=O)C3CCNCC3)CCCCC2)cc1OC.Cl. The maximum absolute atomic E-state index is 12.7. The van der Waals surface area contributed by atoms with Crippen molar-refractivity contribution in [1.82, 2.24) is 10.6 Å². The van der Waals surface area contributed by atoms with Crippen molar-refractivity contribution in [2.24, 2.45) is 5.92 Å². The average molecular weight is 397 g/mol. The van der Waals surface area contributed by atoms with E-state index < -0.39 is 0 Å². The third-order valence-corrected chi connectivity index (χ3v) is 6.12. The lowest BCUT2D eigenvalue weighted by Gasteiger charge is -2.39. The number of amides is 1. The molecule has 1 aliphatic heterocycles. The smallest absolute Gasteiger partial charge is 0.223 e. The summed E-state index contributed by atoms with van der Waals surface area (Å²) in [5.41, 5.74) is 1.25. The van der Waals surface area contributed by atoms with Crippen LogP contribution in [0.1, 0.15) is 50.5 Å². The molecule has 1 amide bonds. The summed E-state index contributed by atoms with van der Waals surface area (Å²) in [5.74, 6) is 1.89. The Balaban J connectivity index is 0.00000261. The fraction of sp³-hybridized carbons (Fsp3) is 0.667. The zero-order valence-electron chi connectivity index (χ0n) is 16.5. The van der Waals surface area contributed by atoms with E-state index in [1.807, 2.05) is 6.07 Å². The number of ether oxygens (including phenoxy) is 2. The van der Waals surface area contributed by atoms with Gasteiger partial charge in [-0.2, -0.15) is 0 Å². The number of carbonyl (C=O) groups excluding carboxylic acids is 1. The first-order valence-electron chi connectivity index (χ1n) is 9.89. The molecular formula is C21H33ClN2O3. The Morgan fingerprint density at radius 1 is 1.11 bits per heavy atom. The lowest BCUT2D eigenvalue weighted by molar-refractivity contribution is -0.126. The van der Waals surface area contributed by atoms with Crippen LogP contribution in [0.2, 0.25) is 0 Å². The molecule has 1 aromatic rings. The summed E-state index contributed by atoms with van der Waals surface area (Å²) < 4.78 is 10.9. The number of hydrogen-bond donors (Lipinski definition) is 2. The van der Waals surface area contributed by atoms with Crippen molar-refractivity contribution >= 4 is 18.3 Å². The van der Waals surface area contributed by atoms with Gasteiger partial charge in [-0.1, -0.05) is 25.3 Å². The summed E-state index contributed by atoms with van der Waals surface area (Å²) in [6, 6.07) is 6.23. The van der Waals surface area contributed by atoms with Crippen LogP contribution in [-0.2, 0) is 10.2 Å². The van der Waals surface area contributed by atoms with Crippen molar-refractivity contribution in [1.29, 1.82) is 0 Å². The van der Waals surface area contributed by atoms with E-state index in [0.29, 0.717) is 6.54 Å². The van der Waals surface area contributed by atoms with Crippen LogP contribution in [0.3, 0.4) is 0 Å². The molecule has 6 heteroatoms. The summed E-state index contributed by atoms with van der Waals surface area (Å²) in [6.45, 7) is 2.60. The molecule has 0 unspecified atom stereocenters. The highest BCUT2D eigenvalue weighted by molar-refractivity contribution is 5.85. The Hall–Kier alpha value is -1.46. The zero-order chi connectivity index (χ0) is 18.4. The van der Waals surface area contributed by atoms with Gasteiger partial charge in [0, 0.05) is 17.9 Å². The van der Waals surface area contributed by atoms with Gasteiger partial charge in [-0.25, -0.2) is 0 Å². The third kappa shape index (κ3) is 5.08. The van der Waals surface area contributed by atoms with Crippen molar-refractivity contribution in [2.75, 3.05) is 33.9 Å². The molecule has 5 nitrogen and oxygen atoms in total. The third-order valence-electron chi connectivity index (χ3n) is 6.12. The second-order valence-electron chi connectivity index (χ2n) is 7.65. The minimum absolute atomic E-state index is 0. The molecule has 1 heterocycles. The number of nitrogens with one attached hydrogen (secondary N) is 2. The van der Waals surface area contributed by atoms with Crippen molar-refractivity contribution in [3.05, 3.63) is 23.8 Å². The minimum Gasteiger partial charge on any atom is -0.493 e. The van der Waals surface area contributed by atoms with Gasteiger partial charge in [-0.3, -0.25) is 4.79 Å². The summed E-state index contributed by atoms with van der Waals surface area (Å²) in [6.07, 6.45) is 7.78. The molecule has 152 valence electrons. The maximum atomic E-state index is 12.7. The number of benzene rings is 1. The molecule has 2 N–H and O–H groups in total. The normalized spacial score (nSPS) is 19.6. The van der Waals surface area contributed by atoms with E-state index in [0.717, 1.165) is 50.3 Å². The van der Waals surface area contributed by atoms with Crippen molar-refractivity contribution in [3.63, 3.8) is 0 Å². The van der Waals surface area contributed by atoms with Crippen molar-refractivity contribution in [2.45, 2.75) is 50.4 Å². The van der Waals surface area contributed by atoms with E-state index in [1.165, 1.54) is 24.8 Å². The summed E-state index contributed by atoms with van der Waals surface area (Å²) in [7, 11) is 3.33. The van der Waals surface area contributed by atoms with E-state index >= 15 is 0 Å². The number of rotatable bonds is 6. The molecule has 0 spiro atoms. The highest BCUT2D eigenvalue weighted by Crippen LogP contribution is 2.42. The first-order chi connectivity index (χ1) is 12.7. The fourth-order valence-electron chi connectivity index (χ4n) is 4.45. The summed E-state index contributed by atoms with van der Waals surface area (Å²) in [4.78, 5) is 12.7. The predicted octanol–water partition coefficient (Wildman–Crippen LogP) is 3.44. The largest absolute Gasteiger partial charge is 0.493 e. The first kappa shape index (κ1) is 21.8. The predicted molar refractivity (Wildman–Crippen MR) is 110 cm³/mol. The molecule has 1 saturated heterocycles. The van der Waals surface area contributed by atoms with Gasteiger partial charge in [0.05, 0.1) is 14.2 Å². The monoisotopic (exact) mass is 396 g/mol. The Morgan fingerprint density at radius 3 is 2.41 bits per heavy atom. The molecule has 27 heavy (non-hydrogen) atoms. The van der Waals surface area contributed by atoms with E-state index in [1.54, 1.807) is 14.2 Å². The summed E-state index contributed by atoms with van der Waals surface area (Å²) >= 11 is 0. The molecule has 0 radical (unpaired) electrons. The minimum atomic E-state index is 0. The van der Waals surface area contributed by atoms with E-state index in [-0.39, 0.29) is 29.6 Å². The second-order valence-corrected chi connectivity index (χ2v) is 7.65. The highest BCUT2D eigenvalue weighted by Gasteiger charge is 2.35. The van der Waals surface area contributed by atoms with E-state index in [4.69, 9.17) is 9.47 Å². The molecule has 2 aliphatic rings. The number of piperidine rings is 1. The van der Waals surface area contributed by atoms with Crippen LogP contribution in [0.25, 0.3) is 0 Å². The standard InChI is InChI=1S/C21H32N2O3.ClH/c1-25-18-7-6-17(14-19(18)26-2)21(10-4-3-5-11-21)15-23-20(24)16-8-12-22-13-9-16;/h6-7,14,16,22H,3-5,8-13,15H2,1-2H3,(H,23,24);1H. The lowest BCUT2D eigenvalue weighted by Crippen LogP contribution is -2.45. The fourth-order valence-corrected chi connectivity index (χ4v) is 4.45. The molecule has 0 atom stereocenters. The van der Waals surface area contributed by atoms with Gasteiger partial charge in [0.25, 0.3) is 0 Å². The zero-order valence-corrected chi connectivity index (χ0v) is 17.3. The summed E-state index contributed by atoms with van der Waals surface area (Å²) in [5, 5.41) is 6.61. The van der Waals surface area contributed by atoms with Gasteiger partial charge in [0.1, 0.15) is 0 Å². The average Bonchev–Trinajstić information content (AvgIpc) is 2.72. The van der Waals surface area contributed by atoms with Crippen LogP contribution in [0.4, 0.5) is 0 Å². The second kappa shape index (κ2) is 10.2. The Bertz CT molecular complexity index is 611. The van der Waals surface area contributed by atoms with Gasteiger partial charge < -0.3 is 20.1 Å². The van der Waals surface area contributed by atoms with Gasteiger partial charge in [0.2, 0.25) is 5.91 Å². The molecule has 1 aliphatic carbocycles. The van der Waals surface area contributed by atoms with Gasteiger partial charge in [0.15, 0.2) is 11.5 Å². The molecule has 0 bridgehead atoms. The maximum Gasteiger partial charge on any atom is 0.223 e. The Labute approximate surface area is 169 Å². The van der Waals surface area contributed by atoms with Crippen molar-refractivity contribution < 1.29 is 14.3 Å². The van der Waals surface area contributed by atoms with Crippen LogP contribution in [0, 0.1) is 5.92 Å².